The number of anilines is 1. The zero-order valence-corrected chi connectivity index (χ0v) is 8.89. The van der Waals surface area contributed by atoms with Crippen molar-refractivity contribution < 1.29 is 9.66 Å². The van der Waals surface area contributed by atoms with E-state index >= 15 is 0 Å². The van der Waals surface area contributed by atoms with Crippen molar-refractivity contribution in [3.8, 4) is 5.75 Å². The molecular formula is C11H14N2O3. The monoisotopic (exact) mass is 222 g/mol. The quantitative estimate of drug-likeness (QED) is 0.484. The highest BCUT2D eigenvalue weighted by Gasteiger charge is 2.23. The Labute approximate surface area is 93.4 Å². The van der Waals surface area contributed by atoms with Gasteiger partial charge in [-0.3, -0.25) is 10.1 Å². The zero-order chi connectivity index (χ0) is 11.5. The summed E-state index contributed by atoms with van der Waals surface area (Å²) in [6, 6.07) is 4.79. The Kier molecular flexibility index (Phi) is 2.94. The van der Waals surface area contributed by atoms with E-state index in [1.807, 2.05) is 0 Å². The summed E-state index contributed by atoms with van der Waals surface area (Å²) in [7, 11) is 0. The zero-order valence-electron chi connectivity index (χ0n) is 8.89. The van der Waals surface area contributed by atoms with Crippen LogP contribution in [0.15, 0.2) is 18.2 Å². The molecular weight excluding hydrogens is 208 g/mol. The molecule has 5 nitrogen and oxygen atoms in total. The van der Waals surface area contributed by atoms with Crippen molar-refractivity contribution in [1.29, 1.82) is 0 Å². The summed E-state index contributed by atoms with van der Waals surface area (Å²) in [6.45, 7) is 0. The van der Waals surface area contributed by atoms with Crippen LogP contribution in [-0.4, -0.2) is 11.0 Å². The third kappa shape index (κ3) is 2.08. The van der Waals surface area contributed by atoms with Crippen LogP contribution in [0.2, 0.25) is 0 Å². The standard InChI is InChI=1S/C11H14N2O3/c12-9-6-3-7-10(11(9)13(14)15)16-8-4-1-2-5-8/h3,6-8H,1-2,4-5,12H2. The van der Waals surface area contributed by atoms with Crippen LogP contribution in [0.3, 0.4) is 0 Å². The highest BCUT2D eigenvalue weighted by Crippen LogP contribution is 2.35. The molecule has 0 radical (unpaired) electrons. The van der Waals surface area contributed by atoms with Gasteiger partial charge in [-0.1, -0.05) is 6.07 Å². The molecule has 0 amide bonds. The molecule has 0 atom stereocenters. The highest BCUT2D eigenvalue weighted by atomic mass is 16.6. The molecule has 1 aromatic rings. The molecule has 16 heavy (non-hydrogen) atoms. The number of nitrogen functional groups attached to an aromatic ring is 1. The number of ether oxygens (including phenoxy) is 1. The van der Waals surface area contributed by atoms with Crippen LogP contribution in [0.4, 0.5) is 11.4 Å². The van der Waals surface area contributed by atoms with E-state index in [4.69, 9.17) is 10.5 Å². The number of hydrogen-bond donors (Lipinski definition) is 1. The molecule has 0 bridgehead atoms. The molecule has 1 fully saturated rings. The first-order valence-electron chi connectivity index (χ1n) is 5.38. The van der Waals surface area contributed by atoms with E-state index in [0.717, 1.165) is 25.7 Å². The first-order chi connectivity index (χ1) is 7.68. The van der Waals surface area contributed by atoms with Crippen molar-refractivity contribution in [2.24, 2.45) is 0 Å². The van der Waals surface area contributed by atoms with Gasteiger partial charge in [-0.05, 0) is 37.8 Å². The second-order valence-electron chi connectivity index (χ2n) is 3.98. The van der Waals surface area contributed by atoms with E-state index in [9.17, 15) is 10.1 Å². The lowest BCUT2D eigenvalue weighted by atomic mass is 10.2. The molecule has 0 spiro atoms. The summed E-state index contributed by atoms with van der Waals surface area (Å²) in [4.78, 5) is 10.4. The number of rotatable bonds is 3. The molecule has 1 saturated carbocycles. The van der Waals surface area contributed by atoms with Crippen LogP contribution in [0.1, 0.15) is 25.7 Å². The lowest BCUT2D eigenvalue weighted by Crippen LogP contribution is -2.12. The van der Waals surface area contributed by atoms with E-state index < -0.39 is 4.92 Å². The van der Waals surface area contributed by atoms with Gasteiger partial charge in [0.25, 0.3) is 0 Å². The Balaban J connectivity index is 2.25. The maximum atomic E-state index is 10.9. The maximum absolute atomic E-state index is 10.9. The van der Waals surface area contributed by atoms with E-state index in [0.29, 0.717) is 0 Å². The summed E-state index contributed by atoms with van der Waals surface area (Å²) in [5.74, 6) is 0.289. The minimum atomic E-state index is -0.486. The lowest BCUT2D eigenvalue weighted by Gasteiger charge is -2.13. The second-order valence-corrected chi connectivity index (χ2v) is 3.98. The van der Waals surface area contributed by atoms with Crippen LogP contribution in [0.5, 0.6) is 5.75 Å². The minimum Gasteiger partial charge on any atom is -0.483 e. The van der Waals surface area contributed by atoms with Crippen molar-refractivity contribution in [2.75, 3.05) is 5.73 Å². The summed E-state index contributed by atoms with van der Waals surface area (Å²) in [5.41, 5.74) is 5.61. The summed E-state index contributed by atoms with van der Waals surface area (Å²) >= 11 is 0. The third-order valence-electron chi connectivity index (χ3n) is 2.81. The van der Waals surface area contributed by atoms with Gasteiger partial charge in [0.15, 0.2) is 5.75 Å². The Morgan fingerprint density at radius 3 is 2.69 bits per heavy atom. The normalized spacial score (nSPS) is 16.2. The number of nitro groups is 1. The van der Waals surface area contributed by atoms with Gasteiger partial charge < -0.3 is 10.5 Å². The molecule has 2 N–H and O–H groups in total. The molecule has 5 heteroatoms. The molecule has 0 heterocycles. The van der Waals surface area contributed by atoms with Gasteiger partial charge in [0.2, 0.25) is 0 Å². The number of nitrogens with zero attached hydrogens (tertiary/aromatic N) is 1. The average Bonchev–Trinajstić information content (AvgIpc) is 2.70. The van der Waals surface area contributed by atoms with Crippen LogP contribution >= 0.6 is 0 Å². The van der Waals surface area contributed by atoms with E-state index in [1.165, 1.54) is 6.07 Å². The van der Waals surface area contributed by atoms with Crippen molar-refractivity contribution in [3.05, 3.63) is 28.3 Å². The molecule has 0 saturated heterocycles. The fourth-order valence-corrected chi connectivity index (χ4v) is 2.02. The predicted octanol–water partition coefficient (Wildman–Crippen LogP) is 2.50. The molecule has 1 aromatic carbocycles. The Morgan fingerprint density at radius 1 is 1.38 bits per heavy atom. The summed E-state index contributed by atoms with van der Waals surface area (Å²) < 4.78 is 5.63. The number of benzene rings is 1. The third-order valence-corrected chi connectivity index (χ3v) is 2.81. The number of nitro benzene ring substituents is 1. The smallest absolute Gasteiger partial charge is 0.333 e. The van der Waals surface area contributed by atoms with Crippen LogP contribution in [-0.2, 0) is 0 Å². The molecule has 1 aliphatic rings. The largest absolute Gasteiger partial charge is 0.483 e. The van der Waals surface area contributed by atoms with E-state index in [2.05, 4.69) is 0 Å². The van der Waals surface area contributed by atoms with E-state index in [1.54, 1.807) is 12.1 Å². The highest BCUT2D eigenvalue weighted by molar-refractivity contribution is 5.65. The van der Waals surface area contributed by atoms with E-state index in [-0.39, 0.29) is 23.2 Å². The number of para-hydroxylation sites is 1. The van der Waals surface area contributed by atoms with Gasteiger partial charge in [-0.15, -0.1) is 0 Å². The summed E-state index contributed by atoms with van der Waals surface area (Å²) in [6.07, 6.45) is 4.28. The van der Waals surface area contributed by atoms with Crippen LogP contribution in [0, 0.1) is 10.1 Å². The molecule has 0 aromatic heterocycles. The maximum Gasteiger partial charge on any atom is 0.333 e. The van der Waals surface area contributed by atoms with Gasteiger partial charge in [0, 0.05) is 0 Å². The fourth-order valence-electron chi connectivity index (χ4n) is 2.02. The van der Waals surface area contributed by atoms with Crippen molar-refractivity contribution in [1.82, 2.24) is 0 Å². The SMILES string of the molecule is Nc1cccc(OC2CCCC2)c1[N+](=O)[O-]. The molecule has 0 aliphatic heterocycles. The van der Waals surface area contributed by atoms with Gasteiger partial charge in [0.1, 0.15) is 5.69 Å². The van der Waals surface area contributed by atoms with Crippen LogP contribution < -0.4 is 10.5 Å². The van der Waals surface area contributed by atoms with Crippen molar-refractivity contribution in [3.63, 3.8) is 0 Å². The van der Waals surface area contributed by atoms with Crippen LogP contribution in [0.25, 0.3) is 0 Å². The average molecular weight is 222 g/mol. The Hall–Kier alpha value is -1.78. The van der Waals surface area contributed by atoms with Gasteiger partial charge in [-0.2, -0.15) is 0 Å². The predicted molar refractivity (Wildman–Crippen MR) is 60.4 cm³/mol. The molecule has 1 aliphatic carbocycles. The van der Waals surface area contributed by atoms with Crippen molar-refractivity contribution >= 4 is 11.4 Å². The van der Waals surface area contributed by atoms with Crippen molar-refractivity contribution in [2.45, 2.75) is 31.8 Å². The first-order valence-corrected chi connectivity index (χ1v) is 5.38. The fraction of sp³-hybridized carbons (Fsp3) is 0.455. The molecule has 2 rings (SSSR count). The second kappa shape index (κ2) is 4.38. The Morgan fingerprint density at radius 2 is 2.06 bits per heavy atom. The number of nitrogens with two attached hydrogens (primary N) is 1. The van der Waals surface area contributed by atoms with Gasteiger partial charge in [0.05, 0.1) is 11.0 Å². The van der Waals surface area contributed by atoms with Gasteiger partial charge >= 0.3 is 5.69 Å². The lowest BCUT2D eigenvalue weighted by molar-refractivity contribution is -0.385. The van der Waals surface area contributed by atoms with Gasteiger partial charge in [-0.25, -0.2) is 0 Å². The Bertz CT molecular complexity index is 400. The minimum absolute atomic E-state index is 0.0977. The first kappa shape index (κ1) is 10.7. The number of hydrogen-bond acceptors (Lipinski definition) is 4. The summed E-state index contributed by atoms with van der Waals surface area (Å²) in [5, 5.41) is 10.9. The molecule has 86 valence electrons. The topological polar surface area (TPSA) is 78.4 Å². The molecule has 0 unspecified atom stereocenters.